The van der Waals surface area contributed by atoms with Gasteiger partial charge in [0.2, 0.25) is 0 Å². The van der Waals surface area contributed by atoms with Crippen LogP contribution in [0.3, 0.4) is 0 Å². The van der Waals surface area contributed by atoms with Crippen LogP contribution in [0.5, 0.6) is 0 Å². The highest BCUT2D eigenvalue weighted by Gasteiger charge is 2.30. The summed E-state index contributed by atoms with van der Waals surface area (Å²) in [7, 11) is 0. The zero-order valence-electron chi connectivity index (χ0n) is 18.4. The number of rotatable bonds is 3. The number of aliphatic imine (C=N–C) groups is 1. The third kappa shape index (κ3) is 4.70. The topological polar surface area (TPSA) is 79.1 Å². The number of para-hydroxylation sites is 2. The van der Waals surface area contributed by atoms with Crippen molar-refractivity contribution in [1.82, 2.24) is 4.90 Å². The predicted octanol–water partition coefficient (Wildman–Crippen LogP) is 4.68. The number of carbonyl (C=O) groups excluding carboxylic acids is 1. The lowest BCUT2D eigenvalue weighted by Crippen LogP contribution is -2.48. The fraction of sp³-hybridized carbons (Fsp3) is 0.333. The largest absolute Gasteiger partial charge is 0.362 e. The van der Waals surface area contributed by atoms with Crippen LogP contribution in [0.1, 0.15) is 31.9 Å². The van der Waals surface area contributed by atoms with Gasteiger partial charge in [0.25, 0.3) is 11.6 Å². The number of anilines is 1. The standard InChI is InChI=1S/C24H26N4O3S/c1-24(2,3)18-10-8-17(9-11-18)16-21-22(29)25-23(32-21)27-14-12-26(13-15-27)19-6-4-5-7-20(19)28(30)31/h4-11,16H,12-15H2,1-3H3. The van der Waals surface area contributed by atoms with Crippen LogP contribution in [0.2, 0.25) is 0 Å². The second-order valence-corrected chi connectivity index (χ2v) is 9.91. The minimum Gasteiger partial charge on any atom is -0.362 e. The lowest BCUT2D eigenvalue weighted by Gasteiger charge is -2.36. The third-order valence-electron chi connectivity index (χ3n) is 5.65. The van der Waals surface area contributed by atoms with Crippen molar-refractivity contribution in [3.63, 3.8) is 0 Å². The van der Waals surface area contributed by atoms with Crippen LogP contribution in [0.25, 0.3) is 6.08 Å². The molecule has 0 radical (unpaired) electrons. The van der Waals surface area contributed by atoms with E-state index in [-0.39, 0.29) is 21.9 Å². The molecule has 0 spiro atoms. The lowest BCUT2D eigenvalue weighted by molar-refractivity contribution is -0.384. The van der Waals surface area contributed by atoms with Gasteiger partial charge in [0.15, 0.2) is 5.17 Å². The number of piperazine rings is 1. The van der Waals surface area contributed by atoms with Gasteiger partial charge in [-0.1, -0.05) is 57.2 Å². The Morgan fingerprint density at radius 3 is 2.25 bits per heavy atom. The number of carbonyl (C=O) groups is 1. The normalized spacial score (nSPS) is 18.3. The number of hydrogen-bond donors (Lipinski definition) is 0. The molecule has 4 rings (SSSR count). The highest BCUT2D eigenvalue weighted by molar-refractivity contribution is 8.18. The quantitative estimate of drug-likeness (QED) is 0.384. The smallest absolute Gasteiger partial charge is 0.292 e. The molecule has 2 heterocycles. The first-order valence-electron chi connectivity index (χ1n) is 10.6. The maximum atomic E-state index is 12.5. The van der Waals surface area contributed by atoms with Crippen molar-refractivity contribution in [2.75, 3.05) is 31.1 Å². The molecule has 1 fully saturated rings. The van der Waals surface area contributed by atoms with Gasteiger partial charge in [0, 0.05) is 32.2 Å². The Hall–Kier alpha value is -3.13. The highest BCUT2D eigenvalue weighted by atomic mass is 32.2. The molecule has 166 valence electrons. The molecular weight excluding hydrogens is 424 g/mol. The van der Waals surface area contributed by atoms with Gasteiger partial charge in [0.1, 0.15) is 5.69 Å². The number of nitrogens with zero attached hydrogens (tertiary/aromatic N) is 4. The van der Waals surface area contributed by atoms with Crippen LogP contribution >= 0.6 is 11.8 Å². The van der Waals surface area contributed by atoms with E-state index in [1.165, 1.54) is 23.4 Å². The molecule has 0 N–H and O–H groups in total. The van der Waals surface area contributed by atoms with Crippen LogP contribution in [-0.4, -0.2) is 47.1 Å². The maximum absolute atomic E-state index is 12.5. The Balaban J connectivity index is 1.41. The van der Waals surface area contributed by atoms with Gasteiger partial charge in [-0.3, -0.25) is 14.9 Å². The van der Waals surface area contributed by atoms with E-state index in [9.17, 15) is 14.9 Å². The summed E-state index contributed by atoms with van der Waals surface area (Å²) >= 11 is 1.40. The Morgan fingerprint density at radius 2 is 1.62 bits per heavy atom. The highest BCUT2D eigenvalue weighted by Crippen LogP contribution is 2.33. The van der Waals surface area contributed by atoms with Crippen molar-refractivity contribution in [3.8, 4) is 0 Å². The second kappa shape index (κ2) is 8.78. The van der Waals surface area contributed by atoms with Crippen molar-refractivity contribution in [2.24, 2.45) is 4.99 Å². The Morgan fingerprint density at radius 1 is 1.00 bits per heavy atom. The number of nitro benzene ring substituents is 1. The summed E-state index contributed by atoms with van der Waals surface area (Å²) in [5, 5.41) is 12.0. The molecule has 0 bridgehead atoms. The zero-order valence-corrected chi connectivity index (χ0v) is 19.3. The summed E-state index contributed by atoms with van der Waals surface area (Å²) in [5.41, 5.74) is 3.06. The van der Waals surface area contributed by atoms with Crippen LogP contribution < -0.4 is 4.90 Å². The van der Waals surface area contributed by atoms with Crippen LogP contribution in [0.15, 0.2) is 58.4 Å². The van der Waals surface area contributed by atoms with E-state index in [1.807, 2.05) is 29.2 Å². The van der Waals surface area contributed by atoms with Crippen molar-refractivity contribution in [3.05, 3.63) is 74.7 Å². The second-order valence-electron chi connectivity index (χ2n) is 8.90. The van der Waals surface area contributed by atoms with E-state index in [0.29, 0.717) is 41.9 Å². The Labute approximate surface area is 192 Å². The van der Waals surface area contributed by atoms with Gasteiger partial charge in [-0.25, -0.2) is 0 Å². The van der Waals surface area contributed by atoms with Gasteiger partial charge in [-0.2, -0.15) is 4.99 Å². The van der Waals surface area contributed by atoms with Gasteiger partial charge in [-0.05, 0) is 40.4 Å². The van der Waals surface area contributed by atoms with E-state index < -0.39 is 0 Å². The first-order valence-corrected chi connectivity index (χ1v) is 11.4. The fourth-order valence-corrected chi connectivity index (χ4v) is 4.75. The van der Waals surface area contributed by atoms with E-state index in [4.69, 9.17) is 0 Å². The zero-order chi connectivity index (χ0) is 22.9. The molecule has 7 nitrogen and oxygen atoms in total. The lowest BCUT2D eigenvalue weighted by atomic mass is 9.87. The van der Waals surface area contributed by atoms with Crippen molar-refractivity contribution < 1.29 is 9.72 Å². The SMILES string of the molecule is CC(C)(C)c1ccc(C=C2SC(N3CCN(c4ccccc4[N+](=O)[O-])CC3)=NC2=O)cc1. The Bertz CT molecular complexity index is 1090. The molecule has 0 unspecified atom stereocenters. The Kier molecular flexibility index (Phi) is 6.06. The summed E-state index contributed by atoms with van der Waals surface area (Å²) in [6.45, 7) is 9.08. The van der Waals surface area contributed by atoms with Crippen LogP contribution in [0.4, 0.5) is 11.4 Å². The molecule has 2 aliphatic heterocycles. The predicted molar refractivity (Wildman–Crippen MR) is 130 cm³/mol. The molecule has 1 amide bonds. The third-order valence-corrected chi connectivity index (χ3v) is 6.70. The number of benzene rings is 2. The average molecular weight is 451 g/mol. The number of amidine groups is 1. The fourth-order valence-electron chi connectivity index (χ4n) is 3.79. The molecule has 1 saturated heterocycles. The van der Waals surface area contributed by atoms with Gasteiger partial charge in [0.05, 0.1) is 9.83 Å². The molecule has 2 aromatic carbocycles. The van der Waals surface area contributed by atoms with E-state index >= 15 is 0 Å². The van der Waals surface area contributed by atoms with Crippen molar-refractivity contribution in [2.45, 2.75) is 26.2 Å². The number of hydrogen-bond acceptors (Lipinski definition) is 6. The number of nitro groups is 1. The molecular formula is C24H26N4O3S. The summed E-state index contributed by atoms with van der Waals surface area (Å²) in [4.78, 5) is 32.4. The van der Waals surface area contributed by atoms with Gasteiger partial charge in [-0.15, -0.1) is 0 Å². The summed E-state index contributed by atoms with van der Waals surface area (Å²) in [5.74, 6) is -0.217. The van der Waals surface area contributed by atoms with Gasteiger partial charge >= 0.3 is 0 Å². The van der Waals surface area contributed by atoms with Crippen LogP contribution in [0, 0.1) is 10.1 Å². The van der Waals surface area contributed by atoms with E-state index in [1.54, 1.807) is 12.1 Å². The molecule has 0 aliphatic carbocycles. The molecule has 0 atom stereocenters. The van der Waals surface area contributed by atoms with Crippen molar-refractivity contribution >= 4 is 40.3 Å². The van der Waals surface area contributed by atoms with Crippen molar-refractivity contribution in [1.29, 1.82) is 0 Å². The van der Waals surface area contributed by atoms with Gasteiger partial charge < -0.3 is 9.80 Å². The van der Waals surface area contributed by atoms with Crippen LogP contribution in [-0.2, 0) is 10.2 Å². The molecule has 32 heavy (non-hydrogen) atoms. The maximum Gasteiger partial charge on any atom is 0.292 e. The van der Waals surface area contributed by atoms with E-state index in [2.05, 4.69) is 42.8 Å². The first-order chi connectivity index (χ1) is 15.2. The minimum absolute atomic E-state index is 0.0855. The van der Waals surface area contributed by atoms with E-state index in [0.717, 1.165) is 5.56 Å². The summed E-state index contributed by atoms with van der Waals surface area (Å²) in [6.07, 6.45) is 1.89. The number of thioether (sulfide) groups is 1. The first kappa shape index (κ1) is 22.1. The number of amides is 1. The summed E-state index contributed by atoms with van der Waals surface area (Å²) < 4.78 is 0. The molecule has 2 aromatic rings. The minimum atomic E-state index is -0.345. The average Bonchev–Trinajstić information content (AvgIpc) is 3.14. The monoisotopic (exact) mass is 450 g/mol. The molecule has 0 aromatic heterocycles. The molecule has 0 saturated carbocycles. The molecule has 2 aliphatic rings. The molecule has 8 heteroatoms. The summed E-state index contributed by atoms with van der Waals surface area (Å²) in [6, 6.07) is 15.1.